The molecule has 0 aromatic heterocycles. The molecule has 3 rings (SSSR count). The summed E-state index contributed by atoms with van der Waals surface area (Å²) in [6, 6.07) is 11.6. The first kappa shape index (κ1) is 22.9. The molecule has 0 aliphatic carbocycles. The summed E-state index contributed by atoms with van der Waals surface area (Å²) in [6.07, 6.45) is 7.78. The van der Waals surface area contributed by atoms with Crippen molar-refractivity contribution in [3.63, 3.8) is 0 Å². The highest BCUT2D eigenvalue weighted by Crippen LogP contribution is 2.22. The van der Waals surface area contributed by atoms with E-state index in [1.807, 2.05) is 24.3 Å². The first-order valence-corrected chi connectivity index (χ1v) is 10.8. The van der Waals surface area contributed by atoms with Crippen molar-refractivity contribution >= 4 is 12.0 Å². The number of methoxy groups -OCH3 is 1. The number of para-hydroxylation sites is 1. The van der Waals surface area contributed by atoms with Gasteiger partial charge < -0.3 is 10.1 Å². The summed E-state index contributed by atoms with van der Waals surface area (Å²) in [5, 5.41) is 2.80. The third-order valence-corrected chi connectivity index (χ3v) is 5.66. The van der Waals surface area contributed by atoms with Gasteiger partial charge in [-0.1, -0.05) is 36.4 Å². The minimum absolute atomic E-state index is 0.0575. The molecule has 2 aromatic carbocycles. The Morgan fingerprint density at radius 2 is 2.06 bits per heavy atom. The zero-order valence-electron chi connectivity index (χ0n) is 17.9. The van der Waals surface area contributed by atoms with Crippen LogP contribution in [0, 0.1) is 17.6 Å². The van der Waals surface area contributed by atoms with Crippen LogP contribution < -0.4 is 10.1 Å². The number of ether oxygens (including phenoxy) is 1. The van der Waals surface area contributed by atoms with E-state index in [9.17, 15) is 13.6 Å². The first-order valence-electron chi connectivity index (χ1n) is 10.8. The second-order valence-electron chi connectivity index (χ2n) is 7.98. The molecule has 0 spiro atoms. The third-order valence-electron chi connectivity index (χ3n) is 5.66. The van der Waals surface area contributed by atoms with E-state index < -0.39 is 11.6 Å². The van der Waals surface area contributed by atoms with Gasteiger partial charge in [-0.25, -0.2) is 8.78 Å². The van der Waals surface area contributed by atoms with E-state index in [1.54, 1.807) is 7.11 Å². The molecule has 1 fully saturated rings. The largest absolute Gasteiger partial charge is 0.496 e. The number of nitrogens with one attached hydrogen (secondary N) is 1. The fourth-order valence-corrected chi connectivity index (χ4v) is 3.96. The van der Waals surface area contributed by atoms with Gasteiger partial charge in [0.25, 0.3) is 0 Å². The van der Waals surface area contributed by atoms with E-state index in [-0.39, 0.29) is 12.5 Å². The van der Waals surface area contributed by atoms with E-state index in [0.29, 0.717) is 17.9 Å². The number of amides is 1. The monoisotopic (exact) mass is 428 g/mol. The Morgan fingerprint density at radius 1 is 1.23 bits per heavy atom. The van der Waals surface area contributed by atoms with Crippen molar-refractivity contribution in [2.24, 2.45) is 5.92 Å². The molecule has 4 nitrogen and oxygen atoms in total. The fourth-order valence-electron chi connectivity index (χ4n) is 3.96. The fraction of sp³-hybridized carbons (Fsp3) is 0.400. The highest BCUT2D eigenvalue weighted by molar-refractivity contribution is 5.75. The quantitative estimate of drug-likeness (QED) is 0.624. The molecule has 2 aromatic rings. The van der Waals surface area contributed by atoms with Crippen LogP contribution in [0.5, 0.6) is 5.75 Å². The molecule has 6 heteroatoms. The molecule has 1 unspecified atom stereocenters. The van der Waals surface area contributed by atoms with Crippen LogP contribution in [0.25, 0.3) is 6.08 Å². The lowest BCUT2D eigenvalue weighted by Crippen LogP contribution is -2.36. The molecule has 0 bridgehead atoms. The number of carbonyl (C=O) groups is 1. The Labute approximate surface area is 182 Å². The maximum atomic E-state index is 13.3. The molecule has 0 saturated carbocycles. The summed E-state index contributed by atoms with van der Waals surface area (Å²) >= 11 is 0. The number of halogens is 2. The van der Waals surface area contributed by atoms with E-state index >= 15 is 0 Å². The van der Waals surface area contributed by atoms with Crippen molar-refractivity contribution in [3.05, 3.63) is 71.3 Å². The lowest BCUT2D eigenvalue weighted by atomic mass is 9.93. The van der Waals surface area contributed by atoms with Crippen molar-refractivity contribution in [2.75, 3.05) is 26.7 Å². The number of benzene rings is 2. The Balaban J connectivity index is 1.39. The SMILES string of the molecule is COc1ccccc1/C=C/CN1CCCC(CCC(=O)NCc2ccc(F)c(F)c2)C1. The Hall–Kier alpha value is -2.73. The van der Waals surface area contributed by atoms with Crippen molar-refractivity contribution in [2.45, 2.75) is 32.2 Å². The second kappa shape index (κ2) is 11.6. The van der Waals surface area contributed by atoms with Crippen LogP contribution in [0.2, 0.25) is 0 Å². The minimum Gasteiger partial charge on any atom is -0.496 e. The topological polar surface area (TPSA) is 41.6 Å². The molecule has 0 radical (unpaired) electrons. The number of rotatable bonds is 9. The summed E-state index contributed by atoms with van der Waals surface area (Å²) < 4.78 is 31.6. The summed E-state index contributed by atoms with van der Waals surface area (Å²) in [5.74, 6) is -0.478. The smallest absolute Gasteiger partial charge is 0.220 e. The van der Waals surface area contributed by atoms with Gasteiger partial charge in [-0.05, 0) is 55.5 Å². The van der Waals surface area contributed by atoms with Gasteiger partial charge in [0.2, 0.25) is 5.91 Å². The van der Waals surface area contributed by atoms with Crippen molar-refractivity contribution in [1.82, 2.24) is 10.2 Å². The van der Waals surface area contributed by atoms with Gasteiger partial charge in [-0.2, -0.15) is 0 Å². The average molecular weight is 429 g/mol. The van der Waals surface area contributed by atoms with Crippen LogP contribution in [-0.2, 0) is 11.3 Å². The molecule has 1 amide bonds. The van der Waals surface area contributed by atoms with Gasteiger partial charge >= 0.3 is 0 Å². The van der Waals surface area contributed by atoms with E-state index in [1.165, 1.54) is 6.07 Å². The predicted molar refractivity (Wildman–Crippen MR) is 119 cm³/mol. The number of piperidine rings is 1. The van der Waals surface area contributed by atoms with Gasteiger partial charge in [0, 0.05) is 31.6 Å². The first-order chi connectivity index (χ1) is 15.0. The zero-order chi connectivity index (χ0) is 22.1. The van der Waals surface area contributed by atoms with E-state index in [4.69, 9.17) is 4.74 Å². The maximum absolute atomic E-state index is 13.3. The molecule has 1 N–H and O–H groups in total. The molecule has 31 heavy (non-hydrogen) atoms. The number of hydrogen-bond acceptors (Lipinski definition) is 3. The van der Waals surface area contributed by atoms with E-state index in [2.05, 4.69) is 22.4 Å². The van der Waals surface area contributed by atoms with Crippen LogP contribution in [-0.4, -0.2) is 37.6 Å². The van der Waals surface area contributed by atoms with Crippen LogP contribution in [0.1, 0.15) is 36.8 Å². The highest BCUT2D eigenvalue weighted by Gasteiger charge is 2.19. The zero-order valence-corrected chi connectivity index (χ0v) is 17.9. The maximum Gasteiger partial charge on any atom is 0.220 e. The molecule has 166 valence electrons. The van der Waals surface area contributed by atoms with Crippen molar-refractivity contribution < 1.29 is 18.3 Å². The van der Waals surface area contributed by atoms with Crippen LogP contribution in [0.3, 0.4) is 0 Å². The molecule has 1 aliphatic rings. The normalized spacial score (nSPS) is 17.1. The average Bonchev–Trinajstić information content (AvgIpc) is 2.79. The van der Waals surface area contributed by atoms with E-state index in [0.717, 1.165) is 62.3 Å². The number of hydrogen-bond donors (Lipinski definition) is 1. The highest BCUT2D eigenvalue weighted by atomic mass is 19.2. The van der Waals surface area contributed by atoms with Crippen molar-refractivity contribution in [3.8, 4) is 5.75 Å². The Bertz CT molecular complexity index is 901. The molecular weight excluding hydrogens is 398 g/mol. The van der Waals surface area contributed by atoms with Gasteiger partial charge in [0.1, 0.15) is 5.75 Å². The Morgan fingerprint density at radius 3 is 2.87 bits per heavy atom. The predicted octanol–water partition coefficient (Wildman–Crippen LogP) is 4.80. The van der Waals surface area contributed by atoms with Gasteiger partial charge in [-0.3, -0.25) is 9.69 Å². The summed E-state index contributed by atoms with van der Waals surface area (Å²) in [4.78, 5) is 14.6. The molecule has 1 atom stereocenters. The molecule has 1 aliphatic heterocycles. The van der Waals surface area contributed by atoms with Crippen LogP contribution in [0.15, 0.2) is 48.5 Å². The number of carbonyl (C=O) groups excluding carboxylic acids is 1. The number of likely N-dealkylation sites (tertiary alicyclic amines) is 1. The minimum atomic E-state index is -0.895. The number of nitrogens with zero attached hydrogens (tertiary/aromatic N) is 1. The molecule has 1 saturated heterocycles. The Kier molecular flexibility index (Phi) is 8.59. The van der Waals surface area contributed by atoms with Gasteiger partial charge in [0.15, 0.2) is 11.6 Å². The van der Waals surface area contributed by atoms with Gasteiger partial charge in [0.05, 0.1) is 7.11 Å². The summed E-state index contributed by atoms with van der Waals surface area (Å²) in [5.41, 5.74) is 1.62. The standard InChI is InChI=1S/C25H30F2N2O2/c1-31-24-9-3-2-7-21(24)8-5-15-29-14-4-6-19(18-29)11-13-25(30)28-17-20-10-12-22(26)23(27)16-20/h2-3,5,7-10,12,16,19H,4,6,11,13-15,17-18H2,1H3,(H,28,30)/b8-5+. The summed E-state index contributed by atoms with van der Waals surface area (Å²) in [6.45, 7) is 3.12. The van der Waals surface area contributed by atoms with Crippen LogP contribution in [0.4, 0.5) is 8.78 Å². The molecular formula is C25H30F2N2O2. The van der Waals surface area contributed by atoms with Crippen LogP contribution >= 0.6 is 0 Å². The molecule has 1 heterocycles. The lowest BCUT2D eigenvalue weighted by molar-refractivity contribution is -0.121. The van der Waals surface area contributed by atoms with Gasteiger partial charge in [-0.15, -0.1) is 0 Å². The second-order valence-corrected chi connectivity index (χ2v) is 7.98. The lowest BCUT2D eigenvalue weighted by Gasteiger charge is -2.31. The third kappa shape index (κ3) is 7.17. The summed E-state index contributed by atoms with van der Waals surface area (Å²) in [7, 11) is 1.68. The van der Waals surface area contributed by atoms with Crippen molar-refractivity contribution in [1.29, 1.82) is 0 Å².